The van der Waals surface area contributed by atoms with E-state index in [4.69, 9.17) is 9.47 Å². The Morgan fingerprint density at radius 1 is 1.21 bits per heavy atom. The molecule has 158 valence electrons. The van der Waals surface area contributed by atoms with Crippen LogP contribution in [0, 0.1) is 5.92 Å². The van der Waals surface area contributed by atoms with E-state index in [1.165, 1.54) is 16.3 Å². The first-order valence-corrected chi connectivity index (χ1v) is 9.82. The summed E-state index contributed by atoms with van der Waals surface area (Å²) >= 11 is 0. The molecule has 1 aliphatic rings. The van der Waals surface area contributed by atoms with Gasteiger partial charge in [0.1, 0.15) is 12.3 Å². The highest BCUT2D eigenvalue weighted by atomic mass is 16.5. The predicted octanol–water partition coefficient (Wildman–Crippen LogP) is 1.09. The lowest BCUT2D eigenvalue weighted by molar-refractivity contribution is -0.0461. The number of nitrogens with zero attached hydrogens (tertiary/aromatic N) is 1. The van der Waals surface area contributed by atoms with Gasteiger partial charge >= 0.3 is 5.69 Å². The van der Waals surface area contributed by atoms with Gasteiger partial charge in [-0.1, -0.05) is 38.1 Å². The SMILES string of the molecule is CC(C)Cc1ccccc1COCc1cn([C@H]2C[C@@H](O)[C@@H](CO)O2)c(=O)[nH]c1=O. The second kappa shape index (κ2) is 9.49. The first-order chi connectivity index (χ1) is 13.9. The van der Waals surface area contributed by atoms with Crippen LogP contribution in [0.2, 0.25) is 0 Å². The van der Waals surface area contributed by atoms with Gasteiger partial charge in [-0.15, -0.1) is 0 Å². The number of benzene rings is 1. The summed E-state index contributed by atoms with van der Waals surface area (Å²) in [6, 6.07) is 8.03. The van der Waals surface area contributed by atoms with Crippen molar-refractivity contribution in [1.82, 2.24) is 9.55 Å². The summed E-state index contributed by atoms with van der Waals surface area (Å²) in [4.78, 5) is 26.6. The molecule has 1 aliphatic heterocycles. The van der Waals surface area contributed by atoms with Gasteiger partial charge in [0, 0.05) is 12.6 Å². The van der Waals surface area contributed by atoms with Crippen molar-refractivity contribution in [2.45, 2.75) is 58.3 Å². The molecule has 0 radical (unpaired) electrons. The number of hydrogen-bond donors (Lipinski definition) is 3. The zero-order chi connectivity index (χ0) is 21.0. The number of rotatable bonds is 8. The van der Waals surface area contributed by atoms with Gasteiger partial charge in [0.2, 0.25) is 0 Å². The van der Waals surface area contributed by atoms with Crippen LogP contribution in [0.5, 0.6) is 0 Å². The number of aromatic amines is 1. The Hall–Kier alpha value is -2.26. The third kappa shape index (κ3) is 5.22. The fourth-order valence-corrected chi connectivity index (χ4v) is 3.50. The Labute approximate surface area is 168 Å². The van der Waals surface area contributed by atoms with Gasteiger partial charge in [0.15, 0.2) is 0 Å². The fourth-order valence-electron chi connectivity index (χ4n) is 3.50. The molecule has 8 nitrogen and oxygen atoms in total. The number of aliphatic hydroxyl groups is 2. The summed E-state index contributed by atoms with van der Waals surface area (Å²) in [6.45, 7) is 4.35. The molecule has 0 saturated carbocycles. The Morgan fingerprint density at radius 2 is 1.90 bits per heavy atom. The maximum Gasteiger partial charge on any atom is 0.330 e. The van der Waals surface area contributed by atoms with Gasteiger partial charge in [0.25, 0.3) is 5.56 Å². The molecule has 29 heavy (non-hydrogen) atoms. The molecule has 3 atom stereocenters. The first-order valence-electron chi connectivity index (χ1n) is 9.82. The van der Waals surface area contributed by atoms with Crippen molar-refractivity contribution in [3.8, 4) is 0 Å². The quantitative estimate of drug-likeness (QED) is 0.607. The number of ether oxygens (including phenoxy) is 2. The zero-order valence-electron chi connectivity index (χ0n) is 16.7. The standard InChI is InChI=1S/C21H28N2O6/c1-13(2)7-14-5-3-4-6-15(14)11-28-12-16-9-23(21(27)22-20(16)26)19-8-17(25)18(10-24)29-19/h3-6,9,13,17-19,24-25H,7-8,10-12H2,1-2H3,(H,22,26,27)/t17-,18-,19-/m1/s1. The lowest BCUT2D eigenvalue weighted by Crippen LogP contribution is -2.34. The second-order valence-corrected chi connectivity index (χ2v) is 7.80. The highest BCUT2D eigenvalue weighted by Crippen LogP contribution is 2.27. The molecule has 1 aromatic carbocycles. The molecular formula is C21H28N2O6. The maximum absolute atomic E-state index is 12.2. The van der Waals surface area contributed by atoms with Crippen LogP contribution in [0.4, 0.5) is 0 Å². The smallest absolute Gasteiger partial charge is 0.330 e. The maximum atomic E-state index is 12.2. The van der Waals surface area contributed by atoms with Crippen molar-refractivity contribution < 1.29 is 19.7 Å². The van der Waals surface area contributed by atoms with Crippen LogP contribution in [0.1, 0.15) is 43.2 Å². The van der Waals surface area contributed by atoms with Crippen molar-refractivity contribution in [3.63, 3.8) is 0 Å². The highest BCUT2D eigenvalue weighted by molar-refractivity contribution is 5.26. The van der Waals surface area contributed by atoms with Crippen LogP contribution in [-0.4, -0.2) is 38.6 Å². The van der Waals surface area contributed by atoms with E-state index >= 15 is 0 Å². The molecule has 1 fully saturated rings. The molecular weight excluding hydrogens is 376 g/mol. The van der Waals surface area contributed by atoms with Gasteiger partial charge in [-0.2, -0.15) is 0 Å². The molecule has 3 N–H and O–H groups in total. The van der Waals surface area contributed by atoms with Crippen LogP contribution in [0.25, 0.3) is 0 Å². The van der Waals surface area contributed by atoms with Crippen molar-refractivity contribution >= 4 is 0 Å². The Balaban J connectivity index is 1.71. The van der Waals surface area contributed by atoms with Crippen molar-refractivity contribution in [3.05, 3.63) is 68.0 Å². The van der Waals surface area contributed by atoms with Gasteiger partial charge < -0.3 is 19.7 Å². The van der Waals surface area contributed by atoms with Gasteiger partial charge in [-0.3, -0.25) is 14.3 Å². The van der Waals surface area contributed by atoms with E-state index in [0.29, 0.717) is 12.5 Å². The number of H-pyrrole nitrogens is 1. The minimum atomic E-state index is -0.874. The molecule has 0 unspecified atom stereocenters. The molecule has 2 heterocycles. The second-order valence-electron chi connectivity index (χ2n) is 7.80. The van der Waals surface area contributed by atoms with E-state index in [1.54, 1.807) is 0 Å². The number of aliphatic hydroxyl groups excluding tert-OH is 2. The summed E-state index contributed by atoms with van der Waals surface area (Å²) in [7, 11) is 0. The van der Waals surface area contributed by atoms with Crippen molar-refractivity contribution in [1.29, 1.82) is 0 Å². The highest BCUT2D eigenvalue weighted by Gasteiger charge is 2.35. The Bertz CT molecular complexity index is 935. The summed E-state index contributed by atoms with van der Waals surface area (Å²) in [5.74, 6) is 0.520. The molecule has 0 amide bonds. The third-order valence-electron chi connectivity index (χ3n) is 5.00. The molecule has 0 aliphatic carbocycles. The lowest BCUT2D eigenvalue weighted by Gasteiger charge is -2.16. The Kier molecular flexibility index (Phi) is 7.02. The lowest BCUT2D eigenvalue weighted by atomic mass is 9.98. The molecule has 8 heteroatoms. The molecule has 2 aromatic rings. The molecule has 1 saturated heterocycles. The zero-order valence-corrected chi connectivity index (χ0v) is 16.7. The van der Waals surface area contributed by atoms with E-state index in [2.05, 4.69) is 24.9 Å². The predicted molar refractivity (Wildman–Crippen MR) is 106 cm³/mol. The number of hydrogen-bond acceptors (Lipinski definition) is 6. The van der Waals surface area contributed by atoms with E-state index in [0.717, 1.165) is 12.0 Å². The van der Waals surface area contributed by atoms with Gasteiger partial charge in [-0.25, -0.2) is 4.79 Å². The number of aromatic nitrogens is 2. The van der Waals surface area contributed by atoms with Crippen molar-refractivity contribution in [2.24, 2.45) is 5.92 Å². The van der Waals surface area contributed by atoms with E-state index < -0.39 is 29.7 Å². The summed E-state index contributed by atoms with van der Waals surface area (Å²) in [5.41, 5.74) is 1.43. The molecule has 1 aromatic heterocycles. The third-order valence-corrected chi connectivity index (χ3v) is 5.00. The molecule has 3 rings (SSSR count). The monoisotopic (exact) mass is 404 g/mol. The largest absolute Gasteiger partial charge is 0.394 e. The first kappa shape index (κ1) is 21.4. The van der Waals surface area contributed by atoms with Gasteiger partial charge in [-0.05, 0) is 23.5 Å². The Morgan fingerprint density at radius 3 is 2.55 bits per heavy atom. The van der Waals surface area contributed by atoms with Crippen LogP contribution < -0.4 is 11.2 Å². The molecule has 0 spiro atoms. The van der Waals surface area contributed by atoms with Crippen LogP contribution >= 0.6 is 0 Å². The van der Waals surface area contributed by atoms with Gasteiger partial charge in [0.05, 0.1) is 31.5 Å². The molecule has 0 bridgehead atoms. The number of nitrogens with one attached hydrogen (secondary N) is 1. The average molecular weight is 404 g/mol. The average Bonchev–Trinajstić information content (AvgIpc) is 3.05. The van der Waals surface area contributed by atoms with Crippen molar-refractivity contribution in [2.75, 3.05) is 6.61 Å². The fraction of sp³-hybridized carbons (Fsp3) is 0.524. The normalized spacial score (nSPS) is 21.8. The topological polar surface area (TPSA) is 114 Å². The summed E-state index contributed by atoms with van der Waals surface area (Å²) in [6.07, 6.45) is 0.116. The van der Waals surface area contributed by atoms with E-state index in [-0.39, 0.29) is 25.2 Å². The van der Waals surface area contributed by atoms with E-state index in [1.807, 2.05) is 18.2 Å². The summed E-state index contributed by atoms with van der Waals surface area (Å²) in [5, 5.41) is 19.1. The van der Waals surface area contributed by atoms with Crippen LogP contribution in [0.15, 0.2) is 40.1 Å². The minimum Gasteiger partial charge on any atom is -0.394 e. The summed E-state index contributed by atoms with van der Waals surface area (Å²) < 4.78 is 12.5. The van der Waals surface area contributed by atoms with Crippen LogP contribution in [-0.2, 0) is 29.1 Å². The van der Waals surface area contributed by atoms with E-state index in [9.17, 15) is 19.8 Å². The minimum absolute atomic E-state index is 0.0321. The van der Waals surface area contributed by atoms with Crippen LogP contribution in [0.3, 0.4) is 0 Å².